The number of rotatable bonds is 8. The second-order valence-corrected chi connectivity index (χ2v) is 6.75. The molecule has 1 N–H and O–H groups in total. The van der Waals surface area contributed by atoms with E-state index in [1.165, 1.54) is 45.6 Å². The summed E-state index contributed by atoms with van der Waals surface area (Å²) in [5, 5.41) is 3.55. The average molecular weight is 269 g/mol. The maximum atomic E-state index is 3.55. The van der Waals surface area contributed by atoms with Gasteiger partial charge in [-0.15, -0.1) is 0 Å². The molecule has 1 heterocycles. The van der Waals surface area contributed by atoms with E-state index in [1.54, 1.807) is 0 Å². The van der Waals surface area contributed by atoms with Gasteiger partial charge in [-0.1, -0.05) is 27.2 Å². The molecule has 0 spiro atoms. The lowest BCUT2D eigenvalue weighted by molar-refractivity contribution is 0.0719. The fourth-order valence-corrected chi connectivity index (χ4v) is 3.23. The molecule has 0 aromatic rings. The van der Waals surface area contributed by atoms with Crippen LogP contribution in [0.15, 0.2) is 0 Å². The van der Waals surface area contributed by atoms with Crippen molar-refractivity contribution in [2.75, 3.05) is 45.8 Å². The van der Waals surface area contributed by atoms with E-state index in [2.05, 4.69) is 49.7 Å². The van der Waals surface area contributed by atoms with Crippen LogP contribution in [-0.4, -0.2) is 61.7 Å². The molecule has 0 aliphatic carbocycles. The molecule has 0 radical (unpaired) electrons. The molecule has 1 atom stereocenters. The SMILES string of the molecule is CCCC(C)(CNCC)CN1CCN(C(C)C)CC1. The average Bonchev–Trinajstić information content (AvgIpc) is 2.37. The molecule has 3 nitrogen and oxygen atoms in total. The second-order valence-electron chi connectivity index (χ2n) is 6.75. The smallest absolute Gasteiger partial charge is 0.0113 e. The van der Waals surface area contributed by atoms with Crippen molar-refractivity contribution in [2.24, 2.45) is 5.41 Å². The minimum absolute atomic E-state index is 0.435. The van der Waals surface area contributed by atoms with Crippen molar-refractivity contribution >= 4 is 0 Å². The molecule has 0 saturated carbocycles. The molecule has 3 heteroatoms. The highest BCUT2D eigenvalue weighted by Crippen LogP contribution is 2.24. The lowest BCUT2D eigenvalue weighted by Crippen LogP contribution is -2.52. The first-order chi connectivity index (χ1) is 9.00. The van der Waals surface area contributed by atoms with Crippen LogP contribution in [0.4, 0.5) is 0 Å². The van der Waals surface area contributed by atoms with Gasteiger partial charge in [-0.3, -0.25) is 4.90 Å². The van der Waals surface area contributed by atoms with Crippen LogP contribution in [0.2, 0.25) is 0 Å². The van der Waals surface area contributed by atoms with Crippen LogP contribution >= 0.6 is 0 Å². The van der Waals surface area contributed by atoms with Crippen molar-refractivity contribution < 1.29 is 0 Å². The van der Waals surface area contributed by atoms with E-state index in [1.807, 2.05) is 0 Å². The summed E-state index contributed by atoms with van der Waals surface area (Å²) in [6.45, 7) is 20.0. The number of nitrogens with zero attached hydrogens (tertiary/aromatic N) is 2. The Hall–Kier alpha value is -0.120. The van der Waals surface area contributed by atoms with E-state index in [4.69, 9.17) is 0 Å². The maximum absolute atomic E-state index is 3.55. The Bertz CT molecular complexity index is 234. The van der Waals surface area contributed by atoms with Crippen LogP contribution in [0, 0.1) is 5.41 Å². The van der Waals surface area contributed by atoms with Gasteiger partial charge in [0.1, 0.15) is 0 Å². The molecule has 0 bridgehead atoms. The van der Waals surface area contributed by atoms with Gasteiger partial charge in [0.2, 0.25) is 0 Å². The predicted molar refractivity (Wildman–Crippen MR) is 84.7 cm³/mol. The largest absolute Gasteiger partial charge is 0.316 e. The van der Waals surface area contributed by atoms with Gasteiger partial charge < -0.3 is 10.2 Å². The van der Waals surface area contributed by atoms with Crippen LogP contribution < -0.4 is 5.32 Å². The maximum Gasteiger partial charge on any atom is 0.0113 e. The van der Waals surface area contributed by atoms with Gasteiger partial charge >= 0.3 is 0 Å². The van der Waals surface area contributed by atoms with Crippen LogP contribution in [0.5, 0.6) is 0 Å². The van der Waals surface area contributed by atoms with Crippen LogP contribution in [0.25, 0.3) is 0 Å². The van der Waals surface area contributed by atoms with Gasteiger partial charge in [-0.05, 0) is 32.2 Å². The van der Waals surface area contributed by atoms with Crippen LogP contribution in [-0.2, 0) is 0 Å². The number of hydrogen-bond acceptors (Lipinski definition) is 3. The molecular formula is C16H35N3. The summed E-state index contributed by atoms with van der Waals surface area (Å²) in [7, 11) is 0. The summed E-state index contributed by atoms with van der Waals surface area (Å²) in [6, 6.07) is 0.700. The third-order valence-corrected chi connectivity index (χ3v) is 4.40. The van der Waals surface area contributed by atoms with Crippen molar-refractivity contribution in [1.29, 1.82) is 0 Å². The monoisotopic (exact) mass is 269 g/mol. The molecule has 1 fully saturated rings. The van der Waals surface area contributed by atoms with Gasteiger partial charge in [0.05, 0.1) is 0 Å². The second kappa shape index (κ2) is 8.23. The van der Waals surface area contributed by atoms with Crippen molar-refractivity contribution in [3.8, 4) is 0 Å². The normalized spacial score (nSPS) is 21.8. The molecule has 0 aromatic heterocycles. The van der Waals surface area contributed by atoms with E-state index in [9.17, 15) is 0 Å². The zero-order valence-corrected chi connectivity index (χ0v) is 13.8. The molecule has 19 heavy (non-hydrogen) atoms. The number of piperazine rings is 1. The van der Waals surface area contributed by atoms with Crippen molar-refractivity contribution in [3.63, 3.8) is 0 Å². The highest BCUT2D eigenvalue weighted by molar-refractivity contribution is 4.83. The van der Waals surface area contributed by atoms with E-state index >= 15 is 0 Å². The molecule has 1 saturated heterocycles. The Morgan fingerprint density at radius 2 is 1.74 bits per heavy atom. The first-order valence-corrected chi connectivity index (χ1v) is 8.18. The fraction of sp³-hybridized carbons (Fsp3) is 1.00. The van der Waals surface area contributed by atoms with Crippen molar-refractivity contribution in [2.45, 2.75) is 53.5 Å². The molecule has 1 unspecified atom stereocenters. The lowest BCUT2D eigenvalue weighted by atomic mass is 9.84. The topological polar surface area (TPSA) is 18.5 Å². The minimum atomic E-state index is 0.435. The van der Waals surface area contributed by atoms with E-state index in [-0.39, 0.29) is 0 Å². The summed E-state index contributed by atoms with van der Waals surface area (Å²) in [6.07, 6.45) is 2.61. The third kappa shape index (κ3) is 5.80. The Morgan fingerprint density at radius 3 is 2.21 bits per heavy atom. The zero-order chi connectivity index (χ0) is 14.3. The Labute approximate surface area is 120 Å². The molecule has 1 rings (SSSR count). The van der Waals surface area contributed by atoms with Crippen LogP contribution in [0.3, 0.4) is 0 Å². The van der Waals surface area contributed by atoms with Gasteiger partial charge in [0, 0.05) is 45.3 Å². The number of hydrogen-bond donors (Lipinski definition) is 1. The zero-order valence-electron chi connectivity index (χ0n) is 13.8. The minimum Gasteiger partial charge on any atom is -0.316 e. The standard InChI is InChI=1S/C16H35N3/c1-6-8-16(5,13-17-7-2)14-18-9-11-19(12-10-18)15(3)4/h15,17H,6-14H2,1-5H3. The highest BCUT2D eigenvalue weighted by Gasteiger charge is 2.28. The lowest BCUT2D eigenvalue weighted by Gasteiger charge is -2.41. The van der Waals surface area contributed by atoms with E-state index < -0.39 is 0 Å². The molecule has 0 amide bonds. The summed E-state index contributed by atoms with van der Waals surface area (Å²) in [4.78, 5) is 5.27. The summed E-state index contributed by atoms with van der Waals surface area (Å²) >= 11 is 0. The first-order valence-electron chi connectivity index (χ1n) is 8.18. The Morgan fingerprint density at radius 1 is 1.11 bits per heavy atom. The Kier molecular flexibility index (Phi) is 7.33. The molecule has 114 valence electrons. The fourth-order valence-electron chi connectivity index (χ4n) is 3.23. The first kappa shape index (κ1) is 16.9. The van der Waals surface area contributed by atoms with E-state index in [0.717, 1.165) is 13.1 Å². The molecule has 1 aliphatic heterocycles. The van der Waals surface area contributed by atoms with Crippen molar-refractivity contribution in [3.05, 3.63) is 0 Å². The number of nitrogens with one attached hydrogen (secondary N) is 1. The quantitative estimate of drug-likeness (QED) is 0.730. The molecular weight excluding hydrogens is 234 g/mol. The molecule has 0 aromatic carbocycles. The van der Waals surface area contributed by atoms with E-state index in [0.29, 0.717) is 11.5 Å². The van der Waals surface area contributed by atoms with Gasteiger partial charge in [-0.25, -0.2) is 0 Å². The highest BCUT2D eigenvalue weighted by atomic mass is 15.3. The summed E-state index contributed by atoms with van der Waals surface area (Å²) in [5.74, 6) is 0. The Balaban J connectivity index is 2.42. The van der Waals surface area contributed by atoms with Crippen molar-refractivity contribution in [1.82, 2.24) is 15.1 Å². The summed E-state index contributed by atoms with van der Waals surface area (Å²) < 4.78 is 0. The molecule has 1 aliphatic rings. The third-order valence-electron chi connectivity index (χ3n) is 4.40. The van der Waals surface area contributed by atoms with Gasteiger partial charge in [0.25, 0.3) is 0 Å². The van der Waals surface area contributed by atoms with Gasteiger partial charge in [0.15, 0.2) is 0 Å². The summed E-state index contributed by atoms with van der Waals surface area (Å²) in [5.41, 5.74) is 0.435. The van der Waals surface area contributed by atoms with Gasteiger partial charge in [-0.2, -0.15) is 0 Å². The predicted octanol–water partition coefficient (Wildman–Crippen LogP) is 2.43. The van der Waals surface area contributed by atoms with Crippen LogP contribution in [0.1, 0.15) is 47.5 Å².